The van der Waals surface area contributed by atoms with E-state index in [0.29, 0.717) is 23.4 Å². The molecule has 1 aromatic carbocycles. The van der Waals surface area contributed by atoms with Gasteiger partial charge in [-0.1, -0.05) is 29.3 Å². The first-order chi connectivity index (χ1) is 6.27. The lowest BCUT2D eigenvalue weighted by Gasteiger charge is -2.10. The predicted octanol–water partition coefficient (Wildman–Crippen LogP) is 2.61. The molecule has 1 N–H and O–H groups in total. The van der Waals surface area contributed by atoms with Gasteiger partial charge in [0.2, 0.25) is 0 Å². The summed E-state index contributed by atoms with van der Waals surface area (Å²) in [6.45, 7) is 1.25. The van der Waals surface area contributed by atoms with Gasteiger partial charge >= 0.3 is 0 Å². The van der Waals surface area contributed by atoms with E-state index in [4.69, 9.17) is 27.9 Å². The average Bonchev–Trinajstić information content (AvgIpc) is 2.56. The first-order valence-corrected chi connectivity index (χ1v) is 4.79. The van der Waals surface area contributed by atoms with Gasteiger partial charge in [0.15, 0.2) is 0 Å². The number of hydrogen-bond acceptors (Lipinski definition) is 2. The third kappa shape index (κ3) is 1.97. The molecule has 0 radical (unpaired) electrons. The van der Waals surface area contributed by atoms with Gasteiger partial charge in [-0.15, -0.1) is 0 Å². The second-order valence-corrected chi connectivity index (χ2v) is 3.78. The monoisotopic (exact) mass is 217 g/mol. The summed E-state index contributed by atoms with van der Waals surface area (Å²) in [6, 6.07) is 5.71. The molecule has 2 rings (SSSR count). The van der Waals surface area contributed by atoms with Crippen molar-refractivity contribution >= 4 is 23.2 Å². The Balaban J connectivity index is 2.29. The van der Waals surface area contributed by atoms with E-state index in [2.05, 4.69) is 5.32 Å². The van der Waals surface area contributed by atoms with E-state index in [1.807, 2.05) is 12.1 Å². The molecule has 1 saturated heterocycles. The fourth-order valence-electron chi connectivity index (χ4n) is 1.38. The standard InChI is InChI=1S/C9H9Cl2NO/c10-6-1-2-7(8(11)3-6)9-4-13-5-12-9/h1-3,9,12H,4-5H2. The number of benzene rings is 1. The van der Waals surface area contributed by atoms with Crippen molar-refractivity contribution in [3.63, 3.8) is 0 Å². The Morgan fingerprint density at radius 2 is 2.23 bits per heavy atom. The molecule has 1 heterocycles. The Labute approximate surface area is 86.8 Å². The number of halogens is 2. The third-order valence-electron chi connectivity index (χ3n) is 2.05. The highest BCUT2D eigenvalue weighted by Gasteiger charge is 2.18. The maximum atomic E-state index is 6.03. The minimum absolute atomic E-state index is 0.199. The molecule has 2 nitrogen and oxygen atoms in total. The van der Waals surface area contributed by atoms with Crippen molar-refractivity contribution in [2.45, 2.75) is 6.04 Å². The summed E-state index contributed by atoms with van der Waals surface area (Å²) in [6.07, 6.45) is 0. The molecule has 70 valence electrons. The van der Waals surface area contributed by atoms with Crippen molar-refractivity contribution in [3.8, 4) is 0 Å². The molecule has 0 saturated carbocycles. The Kier molecular flexibility index (Phi) is 2.74. The Morgan fingerprint density at radius 3 is 2.85 bits per heavy atom. The smallest absolute Gasteiger partial charge is 0.0971 e. The molecule has 1 aromatic rings. The van der Waals surface area contributed by atoms with Crippen LogP contribution in [-0.2, 0) is 4.74 Å². The van der Waals surface area contributed by atoms with Gasteiger partial charge in [0, 0.05) is 10.0 Å². The molecular weight excluding hydrogens is 209 g/mol. The highest BCUT2D eigenvalue weighted by Crippen LogP contribution is 2.27. The van der Waals surface area contributed by atoms with E-state index in [1.54, 1.807) is 6.07 Å². The zero-order valence-corrected chi connectivity index (χ0v) is 8.40. The van der Waals surface area contributed by atoms with Gasteiger partial charge in [-0.25, -0.2) is 0 Å². The predicted molar refractivity (Wildman–Crippen MR) is 53.2 cm³/mol. The van der Waals surface area contributed by atoms with Gasteiger partial charge in [0.25, 0.3) is 0 Å². The van der Waals surface area contributed by atoms with Crippen LogP contribution in [0.2, 0.25) is 10.0 Å². The first kappa shape index (κ1) is 9.28. The summed E-state index contributed by atoms with van der Waals surface area (Å²) < 4.78 is 5.19. The maximum absolute atomic E-state index is 6.03. The fraction of sp³-hybridized carbons (Fsp3) is 0.333. The summed E-state index contributed by atoms with van der Waals surface area (Å²) >= 11 is 11.8. The summed E-state index contributed by atoms with van der Waals surface area (Å²) in [4.78, 5) is 0. The van der Waals surface area contributed by atoms with Crippen molar-refractivity contribution in [2.75, 3.05) is 13.3 Å². The Hall–Kier alpha value is -0.280. The lowest BCUT2D eigenvalue weighted by atomic mass is 10.1. The molecule has 0 aliphatic carbocycles. The minimum Gasteiger partial charge on any atom is -0.364 e. The molecule has 1 aliphatic rings. The van der Waals surface area contributed by atoms with Crippen LogP contribution in [0.3, 0.4) is 0 Å². The van der Waals surface area contributed by atoms with Gasteiger partial charge in [0.05, 0.1) is 19.4 Å². The van der Waals surface area contributed by atoms with Gasteiger partial charge in [-0.3, -0.25) is 5.32 Å². The zero-order chi connectivity index (χ0) is 9.26. The molecular formula is C9H9Cl2NO. The quantitative estimate of drug-likeness (QED) is 0.782. The molecule has 13 heavy (non-hydrogen) atoms. The van der Waals surface area contributed by atoms with Gasteiger partial charge in [-0.05, 0) is 17.7 Å². The topological polar surface area (TPSA) is 21.3 Å². The molecule has 0 amide bonds. The van der Waals surface area contributed by atoms with Gasteiger partial charge < -0.3 is 4.74 Å². The van der Waals surface area contributed by atoms with E-state index in [1.165, 1.54) is 0 Å². The van der Waals surface area contributed by atoms with E-state index in [0.717, 1.165) is 5.56 Å². The first-order valence-electron chi connectivity index (χ1n) is 4.03. The minimum atomic E-state index is 0.199. The molecule has 4 heteroatoms. The largest absolute Gasteiger partial charge is 0.364 e. The molecule has 0 bridgehead atoms. The van der Waals surface area contributed by atoms with E-state index in [9.17, 15) is 0 Å². The number of rotatable bonds is 1. The SMILES string of the molecule is Clc1ccc(C2COCN2)c(Cl)c1. The molecule has 0 aromatic heterocycles. The van der Waals surface area contributed by atoms with Crippen LogP contribution in [0, 0.1) is 0 Å². The Morgan fingerprint density at radius 1 is 1.38 bits per heavy atom. The number of ether oxygens (including phenoxy) is 1. The van der Waals surface area contributed by atoms with Crippen LogP contribution in [0.1, 0.15) is 11.6 Å². The fourth-order valence-corrected chi connectivity index (χ4v) is 1.92. The second-order valence-electron chi connectivity index (χ2n) is 2.94. The lowest BCUT2D eigenvalue weighted by Crippen LogP contribution is -2.14. The van der Waals surface area contributed by atoms with E-state index < -0.39 is 0 Å². The van der Waals surface area contributed by atoms with Crippen LogP contribution in [0.15, 0.2) is 18.2 Å². The lowest BCUT2D eigenvalue weighted by molar-refractivity contribution is 0.189. The average molecular weight is 218 g/mol. The third-order valence-corrected chi connectivity index (χ3v) is 2.62. The number of hydrogen-bond donors (Lipinski definition) is 1. The summed E-state index contributed by atoms with van der Waals surface area (Å²) in [7, 11) is 0. The van der Waals surface area contributed by atoms with Crippen LogP contribution < -0.4 is 5.32 Å². The van der Waals surface area contributed by atoms with Crippen molar-refractivity contribution in [1.29, 1.82) is 0 Å². The van der Waals surface area contributed by atoms with Crippen LogP contribution in [0.5, 0.6) is 0 Å². The van der Waals surface area contributed by atoms with E-state index >= 15 is 0 Å². The van der Waals surface area contributed by atoms with E-state index in [-0.39, 0.29) is 6.04 Å². The molecule has 1 fully saturated rings. The highest BCUT2D eigenvalue weighted by molar-refractivity contribution is 6.35. The van der Waals surface area contributed by atoms with Crippen LogP contribution in [0.25, 0.3) is 0 Å². The van der Waals surface area contributed by atoms with Crippen molar-refractivity contribution in [1.82, 2.24) is 5.32 Å². The molecule has 1 aliphatic heterocycles. The summed E-state index contributed by atoms with van der Waals surface area (Å²) in [5.74, 6) is 0. The Bertz CT molecular complexity index is 310. The second kappa shape index (κ2) is 3.84. The van der Waals surface area contributed by atoms with Crippen molar-refractivity contribution in [2.24, 2.45) is 0 Å². The summed E-state index contributed by atoms with van der Waals surface area (Å²) in [5, 5.41) is 4.53. The van der Waals surface area contributed by atoms with Crippen LogP contribution in [-0.4, -0.2) is 13.3 Å². The normalized spacial score (nSPS) is 22.2. The highest BCUT2D eigenvalue weighted by atomic mass is 35.5. The van der Waals surface area contributed by atoms with Crippen LogP contribution in [0.4, 0.5) is 0 Å². The zero-order valence-electron chi connectivity index (χ0n) is 6.89. The maximum Gasteiger partial charge on any atom is 0.0971 e. The summed E-state index contributed by atoms with van der Waals surface area (Å²) in [5.41, 5.74) is 1.04. The molecule has 0 spiro atoms. The molecule has 1 atom stereocenters. The number of nitrogens with one attached hydrogen (secondary N) is 1. The van der Waals surface area contributed by atoms with Crippen LogP contribution >= 0.6 is 23.2 Å². The van der Waals surface area contributed by atoms with Gasteiger partial charge in [-0.2, -0.15) is 0 Å². The van der Waals surface area contributed by atoms with Crippen molar-refractivity contribution < 1.29 is 4.74 Å². The molecule has 1 unspecified atom stereocenters. The van der Waals surface area contributed by atoms with Crippen molar-refractivity contribution in [3.05, 3.63) is 33.8 Å². The van der Waals surface area contributed by atoms with Gasteiger partial charge in [0.1, 0.15) is 0 Å².